The quantitative estimate of drug-likeness (QED) is 0.601. The zero-order chi connectivity index (χ0) is 12.8. The highest BCUT2D eigenvalue weighted by atomic mass is 16.3. The molecule has 0 bridgehead atoms. The second-order valence-electron chi connectivity index (χ2n) is 4.46. The molecule has 1 unspecified atom stereocenters. The number of nitrogens with zero attached hydrogens (tertiary/aromatic N) is 3. The molecule has 0 radical (unpaired) electrons. The summed E-state index contributed by atoms with van der Waals surface area (Å²) in [7, 11) is 0. The molecule has 6 nitrogen and oxygen atoms in total. The van der Waals surface area contributed by atoms with E-state index in [1.807, 2.05) is 18.7 Å². The molecule has 1 heterocycles. The van der Waals surface area contributed by atoms with Gasteiger partial charge in [-0.25, -0.2) is 0 Å². The Kier molecular flexibility index (Phi) is 5.40. The Morgan fingerprint density at radius 3 is 2.71 bits per heavy atom. The fourth-order valence-corrected chi connectivity index (χ4v) is 1.71. The monoisotopic (exact) mass is 242 g/mol. The average Bonchev–Trinajstić information content (AvgIpc) is 2.63. The first-order valence-corrected chi connectivity index (χ1v) is 5.83. The Labute approximate surface area is 102 Å². The number of nitrogen functional groups attached to an aromatic ring is 1. The summed E-state index contributed by atoms with van der Waals surface area (Å²) in [4.78, 5) is 2.03. The van der Waals surface area contributed by atoms with Crippen LogP contribution < -0.4 is 5.73 Å². The van der Waals surface area contributed by atoms with E-state index >= 15 is 0 Å². The second-order valence-corrected chi connectivity index (χ2v) is 4.46. The van der Waals surface area contributed by atoms with Gasteiger partial charge in [-0.15, -0.1) is 0 Å². The fourth-order valence-electron chi connectivity index (χ4n) is 1.71. The third kappa shape index (κ3) is 4.72. The van der Waals surface area contributed by atoms with Gasteiger partial charge in [-0.1, -0.05) is 0 Å². The first kappa shape index (κ1) is 14.0. The maximum Gasteiger partial charge on any atom is 0.0862 e. The van der Waals surface area contributed by atoms with Gasteiger partial charge < -0.3 is 15.9 Å². The van der Waals surface area contributed by atoms with Crippen LogP contribution in [0.5, 0.6) is 0 Å². The molecule has 0 saturated heterocycles. The van der Waals surface area contributed by atoms with Crippen molar-refractivity contribution in [2.24, 2.45) is 0 Å². The van der Waals surface area contributed by atoms with Crippen LogP contribution in [-0.4, -0.2) is 56.7 Å². The van der Waals surface area contributed by atoms with Crippen molar-refractivity contribution in [1.82, 2.24) is 14.7 Å². The van der Waals surface area contributed by atoms with Crippen LogP contribution in [0.3, 0.4) is 0 Å². The third-order valence-corrected chi connectivity index (χ3v) is 2.61. The van der Waals surface area contributed by atoms with E-state index in [0.717, 1.165) is 0 Å². The molecule has 0 aliphatic heterocycles. The van der Waals surface area contributed by atoms with Gasteiger partial charge in [0.2, 0.25) is 0 Å². The minimum Gasteiger partial charge on any atom is -0.396 e. The van der Waals surface area contributed by atoms with Crippen molar-refractivity contribution < 1.29 is 10.2 Å². The Bertz CT molecular complexity index is 327. The highest BCUT2D eigenvalue weighted by molar-refractivity contribution is 5.30. The summed E-state index contributed by atoms with van der Waals surface area (Å²) in [5.74, 6) is 0. The molecule has 1 atom stereocenters. The van der Waals surface area contributed by atoms with Crippen LogP contribution in [0.4, 0.5) is 5.69 Å². The molecule has 4 N–H and O–H groups in total. The minimum atomic E-state index is -0.525. The van der Waals surface area contributed by atoms with Gasteiger partial charge in [0.05, 0.1) is 31.1 Å². The number of aliphatic hydroxyl groups is 2. The number of anilines is 1. The largest absolute Gasteiger partial charge is 0.396 e. The van der Waals surface area contributed by atoms with E-state index in [4.69, 9.17) is 10.8 Å². The van der Waals surface area contributed by atoms with Gasteiger partial charge in [0.1, 0.15) is 0 Å². The lowest BCUT2D eigenvalue weighted by molar-refractivity contribution is 0.0697. The molecule has 0 aliphatic carbocycles. The van der Waals surface area contributed by atoms with Crippen LogP contribution in [0.25, 0.3) is 0 Å². The van der Waals surface area contributed by atoms with Crippen molar-refractivity contribution in [3.8, 4) is 0 Å². The first-order chi connectivity index (χ1) is 8.02. The highest BCUT2D eigenvalue weighted by Gasteiger charge is 2.14. The Morgan fingerprint density at radius 2 is 2.24 bits per heavy atom. The lowest BCUT2D eigenvalue weighted by Crippen LogP contribution is -2.40. The van der Waals surface area contributed by atoms with E-state index in [2.05, 4.69) is 5.10 Å². The zero-order valence-electron chi connectivity index (χ0n) is 10.5. The molecule has 6 heteroatoms. The van der Waals surface area contributed by atoms with Crippen LogP contribution in [0, 0.1) is 0 Å². The van der Waals surface area contributed by atoms with Gasteiger partial charge in [0.25, 0.3) is 0 Å². The molecule has 0 aromatic carbocycles. The van der Waals surface area contributed by atoms with Gasteiger partial charge in [0.15, 0.2) is 0 Å². The second kappa shape index (κ2) is 6.58. The third-order valence-electron chi connectivity index (χ3n) is 2.61. The van der Waals surface area contributed by atoms with Crippen LogP contribution >= 0.6 is 0 Å². The van der Waals surface area contributed by atoms with Gasteiger partial charge in [-0.3, -0.25) is 9.58 Å². The number of aliphatic hydroxyl groups excluding tert-OH is 2. The normalized spacial score (nSPS) is 13.5. The molecular formula is C11H22N4O2. The predicted octanol–water partition coefficient (Wildman–Crippen LogP) is -0.471. The highest BCUT2D eigenvalue weighted by Crippen LogP contribution is 2.03. The minimum absolute atomic E-state index is 0.0968. The molecule has 0 amide bonds. The number of hydrogen-bond donors (Lipinski definition) is 3. The summed E-state index contributed by atoms with van der Waals surface area (Å²) < 4.78 is 1.62. The van der Waals surface area contributed by atoms with Crippen molar-refractivity contribution in [2.45, 2.75) is 32.5 Å². The van der Waals surface area contributed by atoms with Gasteiger partial charge >= 0.3 is 0 Å². The lowest BCUT2D eigenvalue weighted by atomic mass is 10.2. The fraction of sp³-hybridized carbons (Fsp3) is 0.727. The van der Waals surface area contributed by atoms with E-state index in [1.165, 1.54) is 0 Å². The molecular weight excluding hydrogens is 220 g/mol. The molecule has 0 fully saturated rings. The average molecular weight is 242 g/mol. The summed E-state index contributed by atoms with van der Waals surface area (Å²) in [6.07, 6.45) is 2.72. The SMILES string of the molecule is CC(C)N(CCO)CC(O)Cn1cc(N)cn1. The summed E-state index contributed by atoms with van der Waals surface area (Å²) in [5, 5.41) is 22.9. The van der Waals surface area contributed by atoms with Crippen molar-refractivity contribution in [2.75, 3.05) is 25.4 Å². The molecule has 1 aromatic heterocycles. The maximum absolute atomic E-state index is 9.93. The van der Waals surface area contributed by atoms with Crippen LogP contribution in [0.2, 0.25) is 0 Å². The van der Waals surface area contributed by atoms with Gasteiger partial charge in [-0.05, 0) is 13.8 Å². The summed E-state index contributed by atoms with van der Waals surface area (Å²) >= 11 is 0. The molecule has 1 aromatic rings. The van der Waals surface area contributed by atoms with E-state index in [-0.39, 0.29) is 6.61 Å². The van der Waals surface area contributed by atoms with Crippen molar-refractivity contribution in [1.29, 1.82) is 0 Å². The summed E-state index contributed by atoms with van der Waals surface area (Å²) in [6, 6.07) is 0.291. The number of nitrogens with two attached hydrogens (primary N) is 1. The molecule has 1 rings (SSSR count). The summed E-state index contributed by atoms with van der Waals surface area (Å²) in [6.45, 7) is 5.65. The number of aromatic nitrogens is 2. The van der Waals surface area contributed by atoms with E-state index in [9.17, 15) is 5.11 Å². The molecule has 0 spiro atoms. The number of rotatable bonds is 7. The zero-order valence-corrected chi connectivity index (χ0v) is 10.5. The summed E-state index contributed by atoms with van der Waals surface area (Å²) in [5.41, 5.74) is 6.13. The predicted molar refractivity (Wildman–Crippen MR) is 66.4 cm³/mol. The Hall–Kier alpha value is -1.11. The van der Waals surface area contributed by atoms with Gasteiger partial charge in [-0.2, -0.15) is 5.10 Å². The van der Waals surface area contributed by atoms with Crippen molar-refractivity contribution in [3.05, 3.63) is 12.4 Å². The maximum atomic E-state index is 9.93. The van der Waals surface area contributed by atoms with Gasteiger partial charge in [0, 0.05) is 25.3 Å². The smallest absolute Gasteiger partial charge is 0.0862 e. The first-order valence-electron chi connectivity index (χ1n) is 5.83. The van der Waals surface area contributed by atoms with Crippen molar-refractivity contribution in [3.63, 3.8) is 0 Å². The van der Waals surface area contributed by atoms with Crippen LogP contribution in [0.1, 0.15) is 13.8 Å². The molecule has 17 heavy (non-hydrogen) atoms. The van der Waals surface area contributed by atoms with Crippen LogP contribution in [0.15, 0.2) is 12.4 Å². The standard InChI is InChI=1S/C11H22N4O2/c1-9(2)14(3-4-16)7-11(17)8-15-6-10(12)5-13-15/h5-6,9,11,16-17H,3-4,7-8,12H2,1-2H3. The van der Waals surface area contributed by atoms with Crippen molar-refractivity contribution >= 4 is 5.69 Å². The molecule has 0 saturated carbocycles. The topological polar surface area (TPSA) is 87.5 Å². The molecule has 98 valence electrons. The Balaban J connectivity index is 2.44. The Morgan fingerprint density at radius 1 is 1.53 bits per heavy atom. The molecule has 0 aliphatic rings. The lowest BCUT2D eigenvalue weighted by Gasteiger charge is -2.27. The van der Waals surface area contributed by atoms with E-state index in [0.29, 0.717) is 31.4 Å². The van der Waals surface area contributed by atoms with E-state index in [1.54, 1.807) is 17.1 Å². The number of hydrogen-bond acceptors (Lipinski definition) is 5. The van der Waals surface area contributed by atoms with Crippen LogP contribution in [-0.2, 0) is 6.54 Å². The van der Waals surface area contributed by atoms with E-state index < -0.39 is 6.10 Å².